The fraction of sp³-hybridized carbons (Fsp3) is 0.533. The van der Waals surface area contributed by atoms with Gasteiger partial charge in [-0.05, 0) is 18.4 Å². The molecule has 3 atom stereocenters. The molecule has 1 saturated carbocycles. The summed E-state index contributed by atoms with van der Waals surface area (Å²) in [5.74, 6) is -0.407. The van der Waals surface area contributed by atoms with Gasteiger partial charge in [0, 0.05) is 13.0 Å². The van der Waals surface area contributed by atoms with Crippen LogP contribution in [0.2, 0.25) is 0 Å². The van der Waals surface area contributed by atoms with Crippen molar-refractivity contribution in [3.63, 3.8) is 0 Å². The first-order chi connectivity index (χ1) is 9.09. The van der Waals surface area contributed by atoms with E-state index in [9.17, 15) is 9.90 Å². The molecule has 3 unspecified atom stereocenters. The largest absolute Gasteiger partial charge is 0.388 e. The molecule has 4 N–H and O–H groups in total. The molecule has 1 aliphatic rings. The normalized spacial score (nSPS) is 28.7. The lowest BCUT2D eigenvalue weighted by atomic mass is 9.69. The van der Waals surface area contributed by atoms with Gasteiger partial charge in [0.1, 0.15) is 5.54 Å². The minimum Gasteiger partial charge on any atom is -0.388 e. The molecule has 0 aromatic heterocycles. The molecule has 0 heterocycles. The molecule has 1 aromatic rings. The van der Waals surface area contributed by atoms with Crippen LogP contribution in [0, 0.1) is 5.92 Å². The van der Waals surface area contributed by atoms with Crippen molar-refractivity contribution in [1.82, 2.24) is 5.32 Å². The number of carbonyl (C=O) groups is 1. The summed E-state index contributed by atoms with van der Waals surface area (Å²) >= 11 is 0. The molecule has 4 nitrogen and oxygen atoms in total. The molecular formula is C15H22N2O2. The van der Waals surface area contributed by atoms with Gasteiger partial charge in [-0.25, -0.2) is 0 Å². The second-order valence-corrected chi connectivity index (χ2v) is 5.33. The molecule has 2 rings (SSSR count). The SMILES string of the molecule is CNC(=O)C1(N)CCCCC1C(O)c1ccccc1. The number of benzene rings is 1. The molecule has 0 saturated heterocycles. The Hall–Kier alpha value is -1.39. The molecule has 0 spiro atoms. The van der Waals surface area contributed by atoms with Crippen LogP contribution in [0.1, 0.15) is 37.4 Å². The van der Waals surface area contributed by atoms with Gasteiger partial charge >= 0.3 is 0 Å². The predicted molar refractivity (Wildman–Crippen MR) is 74.3 cm³/mol. The third-order valence-corrected chi connectivity index (χ3v) is 4.19. The van der Waals surface area contributed by atoms with Crippen molar-refractivity contribution in [2.45, 2.75) is 37.3 Å². The molecule has 1 aromatic carbocycles. The van der Waals surface area contributed by atoms with Crippen molar-refractivity contribution in [2.24, 2.45) is 11.7 Å². The number of aliphatic hydroxyl groups is 1. The maximum Gasteiger partial charge on any atom is 0.240 e. The van der Waals surface area contributed by atoms with Crippen LogP contribution >= 0.6 is 0 Å². The Bertz CT molecular complexity index is 435. The van der Waals surface area contributed by atoms with Crippen molar-refractivity contribution in [1.29, 1.82) is 0 Å². The standard InChI is InChI=1S/C15H22N2O2/c1-17-14(19)15(16)10-6-5-9-12(15)13(18)11-7-3-2-4-8-11/h2-4,7-8,12-13,18H,5-6,9-10,16H2,1H3,(H,17,19). The fourth-order valence-electron chi connectivity index (χ4n) is 3.06. The molecule has 4 heteroatoms. The number of carbonyl (C=O) groups excluding carboxylic acids is 1. The Balaban J connectivity index is 2.27. The third kappa shape index (κ3) is 2.65. The van der Waals surface area contributed by atoms with E-state index in [2.05, 4.69) is 5.32 Å². The number of nitrogens with one attached hydrogen (secondary N) is 1. The van der Waals surface area contributed by atoms with Crippen LogP contribution in [0.4, 0.5) is 0 Å². The molecule has 1 aliphatic carbocycles. The summed E-state index contributed by atoms with van der Waals surface area (Å²) in [4.78, 5) is 12.1. The highest BCUT2D eigenvalue weighted by molar-refractivity contribution is 5.86. The molecule has 0 radical (unpaired) electrons. The molecule has 19 heavy (non-hydrogen) atoms. The Labute approximate surface area is 114 Å². The zero-order chi connectivity index (χ0) is 13.9. The highest BCUT2D eigenvalue weighted by Crippen LogP contribution is 2.40. The summed E-state index contributed by atoms with van der Waals surface area (Å²) in [6, 6.07) is 9.44. The maximum atomic E-state index is 12.1. The second kappa shape index (κ2) is 5.72. The van der Waals surface area contributed by atoms with Crippen LogP contribution in [-0.4, -0.2) is 23.6 Å². The molecule has 0 bridgehead atoms. The summed E-state index contributed by atoms with van der Waals surface area (Å²) in [6.07, 6.45) is 2.65. The van der Waals surface area contributed by atoms with Gasteiger partial charge in [0.05, 0.1) is 6.10 Å². The number of hydrogen-bond donors (Lipinski definition) is 3. The molecule has 1 fully saturated rings. The topological polar surface area (TPSA) is 75.4 Å². The van der Waals surface area contributed by atoms with E-state index in [0.29, 0.717) is 6.42 Å². The van der Waals surface area contributed by atoms with Gasteiger partial charge in [-0.3, -0.25) is 4.79 Å². The van der Waals surface area contributed by atoms with E-state index in [1.165, 1.54) is 0 Å². The third-order valence-electron chi connectivity index (χ3n) is 4.19. The van der Waals surface area contributed by atoms with Crippen LogP contribution in [0.25, 0.3) is 0 Å². The van der Waals surface area contributed by atoms with Crippen LogP contribution in [-0.2, 0) is 4.79 Å². The highest BCUT2D eigenvalue weighted by atomic mass is 16.3. The smallest absolute Gasteiger partial charge is 0.240 e. The van der Waals surface area contributed by atoms with Gasteiger partial charge in [-0.1, -0.05) is 43.2 Å². The number of nitrogens with two attached hydrogens (primary N) is 1. The average Bonchev–Trinajstić information content (AvgIpc) is 2.47. The minimum absolute atomic E-state index is 0.174. The molecule has 104 valence electrons. The Morgan fingerprint density at radius 1 is 1.42 bits per heavy atom. The van der Waals surface area contributed by atoms with Gasteiger partial charge in [0.2, 0.25) is 5.91 Å². The zero-order valence-corrected chi connectivity index (χ0v) is 11.3. The van der Waals surface area contributed by atoms with Crippen LogP contribution in [0.3, 0.4) is 0 Å². The van der Waals surface area contributed by atoms with E-state index < -0.39 is 11.6 Å². The van der Waals surface area contributed by atoms with E-state index in [1.54, 1.807) is 7.05 Å². The zero-order valence-electron chi connectivity index (χ0n) is 11.3. The summed E-state index contributed by atoms with van der Waals surface area (Å²) in [6.45, 7) is 0. The lowest BCUT2D eigenvalue weighted by molar-refractivity contribution is -0.132. The number of aliphatic hydroxyl groups excluding tert-OH is 1. The predicted octanol–water partition coefficient (Wildman–Crippen LogP) is 1.35. The first kappa shape index (κ1) is 14.0. The van der Waals surface area contributed by atoms with Gasteiger partial charge < -0.3 is 16.2 Å². The van der Waals surface area contributed by atoms with Crippen molar-refractivity contribution >= 4 is 5.91 Å². The first-order valence-corrected chi connectivity index (χ1v) is 6.83. The molecule has 1 amide bonds. The Morgan fingerprint density at radius 2 is 2.11 bits per heavy atom. The van der Waals surface area contributed by atoms with Crippen molar-refractivity contribution < 1.29 is 9.90 Å². The summed E-state index contributed by atoms with van der Waals surface area (Å²) in [5, 5.41) is 13.2. The van der Waals surface area contributed by atoms with Crippen LogP contribution in [0.15, 0.2) is 30.3 Å². The summed E-state index contributed by atoms with van der Waals surface area (Å²) in [7, 11) is 1.59. The van der Waals surface area contributed by atoms with Gasteiger partial charge in [0.15, 0.2) is 0 Å². The average molecular weight is 262 g/mol. The van der Waals surface area contributed by atoms with Gasteiger partial charge in [-0.15, -0.1) is 0 Å². The van der Waals surface area contributed by atoms with E-state index in [0.717, 1.165) is 24.8 Å². The second-order valence-electron chi connectivity index (χ2n) is 5.33. The van der Waals surface area contributed by atoms with Crippen molar-refractivity contribution in [3.05, 3.63) is 35.9 Å². The highest BCUT2D eigenvalue weighted by Gasteiger charge is 2.46. The number of amides is 1. The lowest BCUT2D eigenvalue weighted by Crippen LogP contribution is -2.60. The van der Waals surface area contributed by atoms with Crippen LogP contribution < -0.4 is 11.1 Å². The maximum absolute atomic E-state index is 12.1. The number of rotatable bonds is 3. The van der Waals surface area contributed by atoms with Gasteiger partial charge in [-0.2, -0.15) is 0 Å². The first-order valence-electron chi connectivity index (χ1n) is 6.83. The monoisotopic (exact) mass is 262 g/mol. The van der Waals surface area contributed by atoms with Crippen LogP contribution in [0.5, 0.6) is 0 Å². The quantitative estimate of drug-likeness (QED) is 0.769. The lowest BCUT2D eigenvalue weighted by Gasteiger charge is -2.42. The number of likely N-dealkylation sites (N-methyl/N-ethyl adjacent to an activating group) is 1. The van der Waals surface area contributed by atoms with E-state index in [1.807, 2.05) is 30.3 Å². The fourth-order valence-corrected chi connectivity index (χ4v) is 3.06. The van der Waals surface area contributed by atoms with E-state index in [4.69, 9.17) is 5.73 Å². The summed E-state index contributed by atoms with van der Waals surface area (Å²) in [5.41, 5.74) is 6.18. The van der Waals surface area contributed by atoms with Crippen molar-refractivity contribution in [3.8, 4) is 0 Å². The number of hydrogen-bond acceptors (Lipinski definition) is 3. The van der Waals surface area contributed by atoms with E-state index >= 15 is 0 Å². The molecular weight excluding hydrogens is 240 g/mol. The van der Waals surface area contributed by atoms with E-state index in [-0.39, 0.29) is 11.8 Å². The molecule has 0 aliphatic heterocycles. The van der Waals surface area contributed by atoms with Gasteiger partial charge in [0.25, 0.3) is 0 Å². The summed E-state index contributed by atoms with van der Waals surface area (Å²) < 4.78 is 0. The van der Waals surface area contributed by atoms with Crippen molar-refractivity contribution in [2.75, 3.05) is 7.05 Å². The Morgan fingerprint density at radius 3 is 2.74 bits per heavy atom. The minimum atomic E-state index is -0.970. The Kier molecular flexibility index (Phi) is 4.22.